The lowest BCUT2D eigenvalue weighted by atomic mass is 10.1. The molecule has 128 valence electrons. The van der Waals surface area contributed by atoms with E-state index in [2.05, 4.69) is 58.1 Å². The SMILES string of the molecule is c1cc(CCNc2nc3ccccc3s2)cc(/N=C2\NCCCS2)c1. The topological polar surface area (TPSA) is 49.3 Å². The summed E-state index contributed by atoms with van der Waals surface area (Å²) in [5.41, 5.74) is 3.37. The van der Waals surface area contributed by atoms with E-state index in [1.54, 1.807) is 23.1 Å². The lowest BCUT2D eigenvalue weighted by Gasteiger charge is -2.14. The summed E-state index contributed by atoms with van der Waals surface area (Å²) in [5, 5.41) is 8.82. The molecule has 0 saturated carbocycles. The summed E-state index contributed by atoms with van der Waals surface area (Å²) < 4.78 is 1.22. The minimum absolute atomic E-state index is 0.868. The fourth-order valence-corrected chi connectivity index (χ4v) is 4.47. The number of thiazole rings is 1. The number of anilines is 1. The summed E-state index contributed by atoms with van der Waals surface area (Å²) in [6.45, 7) is 1.89. The van der Waals surface area contributed by atoms with Crippen LogP contribution in [0.4, 0.5) is 10.8 Å². The number of nitrogens with zero attached hydrogens (tertiary/aromatic N) is 2. The Labute approximate surface area is 155 Å². The van der Waals surface area contributed by atoms with E-state index in [0.717, 1.165) is 46.8 Å². The molecule has 0 spiro atoms. The van der Waals surface area contributed by atoms with E-state index in [4.69, 9.17) is 4.99 Å². The molecule has 4 rings (SSSR count). The van der Waals surface area contributed by atoms with Crippen molar-refractivity contribution in [2.24, 2.45) is 4.99 Å². The summed E-state index contributed by atoms with van der Waals surface area (Å²) in [5.74, 6) is 1.15. The van der Waals surface area contributed by atoms with Crippen LogP contribution in [0.1, 0.15) is 12.0 Å². The van der Waals surface area contributed by atoms with Gasteiger partial charge in [0.15, 0.2) is 10.3 Å². The van der Waals surface area contributed by atoms with Crippen LogP contribution in [-0.2, 0) is 6.42 Å². The third-order valence-corrected chi connectivity index (χ3v) is 5.96. The van der Waals surface area contributed by atoms with Gasteiger partial charge in [0.25, 0.3) is 0 Å². The van der Waals surface area contributed by atoms with Crippen LogP contribution >= 0.6 is 23.1 Å². The third-order valence-electron chi connectivity index (χ3n) is 3.96. The van der Waals surface area contributed by atoms with Gasteiger partial charge < -0.3 is 10.6 Å². The Kier molecular flexibility index (Phi) is 5.18. The summed E-state index contributed by atoms with van der Waals surface area (Å²) in [7, 11) is 0. The van der Waals surface area contributed by atoms with Crippen molar-refractivity contribution in [3.05, 3.63) is 54.1 Å². The second-order valence-electron chi connectivity index (χ2n) is 5.88. The van der Waals surface area contributed by atoms with Gasteiger partial charge in [0.2, 0.25) is 0 Å². The molecule has 3 aromatic rings. The largest absolute Gasteiger partial charge is 0.365 e. The zero-order valence-electron chi connectivity index (χ0n) is 13.9. The summed E-state index contributed by atoms with van der Waals surface area (Å²) >= 11 is 3.50. The molecule has 0 atom stereocenters. The highest BCUT2D eigenvalue weighted by Gasteiger charge is 2.06. The third kappa shape index (κ3) is 4.32. The van der Waals surface area contributed by atoms with E-state index >= 15 is 0 Å². The van der Waals surface area contributed by atoms with Crippen molar-refractivity contribution in [2.75, 3.05) is 24.2 Å². The number of para-hydroxylation sites is 1. The molecule has 4 nitrogen and oxygen atoms in total. The van der Waals surface area contributed by atoms with Crippen molar-refractivity contribution in [3.8, 4) is 0 Å². The molecule has 25 heavy (non-hydrogen) atoms. The Balaban J connectivity index is 1.37. The van der Waals surface area contributed by atoms with Crippen molar-refractivity contribution < 1.29 is 0 Å². The Morgan fingerprint density at radius 3 is 3.00 bits per heavy atom. The van der Waals surface area contributed by atoms with Crippen molar-refractivity contribution in [1.82, 2.24) is 10.3 Å². The maximum Gasteiger partial charge on any atom is 0.183 e. The van der Waals surface area contributed by atoms with Gasteiger partial charge in [-0.2, -0.15) is 0 Å². The minimum Gasteiger partial charge on any atom is -0.365 e. The van der Waals surface area contributed by atoms with Crippen molar-refractivity contribution in [1.29, 1.82) is 0 Å². The quantitative estimate of drug-likeness (QED) is 0.687. The molecule has 2 heterocycles. The molecule has 0 radical (unpaired) electrons. The molecular weight excluding hydrogens is 348 g/mol. The highest BCUT2D eigenvalue weighted by molar-refractivity contribution is 8.13. The number of rotatable bonds is 5. The fourth-order valence-electron chi connectivity index (χ4n) is 2.72. The summed E-state index contributed by atoms with van der Waals surface area (Å²) in [6.07, 6.45) is 2.16. The first-order valence-corrected chi connectivity index (χ1v) is 10.3. The van der Waals surface area contributed by atoms with Crippen molar-refractivity contribution >= 4 is 49.3 Å². The summed E-state index contributed by atoms with van der Waals surface area (Å²) in [6, 6.07) is 16.7. The van der Waals surface area contributed by atoms with Crippen LogP contribution in [0.3, 0.4) is 0 Å². The number of aromatic nitrogens is 1. The number of fused-ring (bicyclic) bond motifs is 1. The Bertz CT molecular complexity index is 847. The molecule has 0 amide bonds. The molecule has 2 N–H and O–H groups in total. The molecule has 1 saturated heterocycles. The number of hydrogen-bond donors (Lipinski definition) is 2. The van der Waals surface area contributed by atoms with E-state index in [1.807, 2.05) is 6.07 Å². The Morgan fingerprint density at radius 1 is 1.16 bits per heavy atom. The highest BCUT2D eigenvalue weighted by atomic mass is 32.2. The average molecular weight is 369 g/mol. The number of thioether (sulfide) groups is 1. The lowest BCUT2D eigenvalue weighted by molar-refractivity contribution is 0.844. The second kappa shape index (κ2) is 7.89. The molecule has 1 aliphatic heterocycles. The first-order valence-electron chi connectivity index (χ1n) is 8.50. The Hall–Kier alpha value is -2.05. The fraction of sp³-hybridized carbons (Fsp3) is 0.263. The normalized spacial score (nSPS) is 16.1. The maximum atomic E-state index is 4.71. The van der Waals surface area contributed by atoms with Crippen LogP contribution in [0, 0.1) is 0 Å². The summed E-state index contributed by atoms with van der Waals surface area (Å²) in [4.78, 5) is 9.32. The van der Waals surface area contributed by atoms with Crippen molar-refractivity contribution in [2.45, 2.75) is 12.8 Å². The zero-order valence-corrected chi connectivity index (χ0v) is 15.5. The van der Waals surface area contributed by atoms with Crippen LogP contribution in [-0.4, -0.2) is 29.0 Å². The van der Waals surface area contributed by atoms with E-state index in [9.17, 15) is 0 Å². The van der Waals surface area contributed by atoms with E-state index in [0.29, 0.717) is 0 Å². The van der Waals surface area contributed by atoms with Gasteiger partial charge in [-0.15, -0.1) is 0 Å². The first-order chi connectivity index (χ1) is 12.4. The molecule has 1 aromatic heterocycles. The molecular formula is C19H20N4S2. The molecule has 1 aliphatic rings. The smallest absolute Gasteiger partial charge is 0.183 e. The van der Waals surface area contributed by atoms with Crippen LogP contribution < -0.4 is 10.6 Å². The van der Waals surface area contributed by atoms with Gasteiger partial charge in [-0.25, -0.2) is 9.98 Å². The number of aliphatic imine (C=N–C) groups is 1. The predicted molar refractivity (Wildman–Crippen MR) is 110 cm³/mol. The first kappa shape index (κ1) is 16.4. The van der Waals surface area contributed by atoms with Gasteiger partial charge in [-0.3, -0.25) is 0 Å². The average Bonchev–Trinajstić information content (AvgIpc) is 3.06. The maximum absolute atomic E-state index is 4.71. The van der Waals surface area contributed by atoms with E-state index < -0.39 is 0 Å². The second-order valence-corrected chi connectivity index (χ2v) is 7.99. The predicted octanol–water partition coefficient (Wildman–Crippen LogP) is 4.66. The van der Waals surface area contributed by atoms with Gasteiger partial charge in [0, 0.05) is 18.8 Å². The minimum atomic E-state index is 0.868. The number of amidine groups is 1. The van der Waals surface area contributed by atoms with Gasteiger partial charge in [0.1, 0.15) is 0 Å². The van der Waals surface area contributed by atoms with Gasteiger partial charge in [-0.1, -0.05) is 47.4 Å². The van der Waals surface area contributed by atoms with Crippen molar-refractivity contribution in [3.63, 3.8) is 0 Å². The molecule has 0 aliphatic carbocycles. The van der Waals surface area contributed by atoms with Crippen LogP contribution in [0.5, 0.6) is 0 Å². The monoisotopic (exact) mass is 368 g/mol. The lowest BCUT2D eigenvalue weighted by Crippen LogP contribution is -2.26. The molecule has 2 aromatic carbocycles. The van der Waals surface area contributed by atoms with E-state index in [-0.39, 0.29) is 0 Å². The number of benzene rings is 2. The zero-order chi connectivity index (χ0) is 16.9. The molecule has 0 bridgehead atoms. The molecule has 0 unspecified atom stereocenters. The Morgan fingerprint density at radius 2 is 2.12 bits per heavy atom. The van der Waals surface area contributed by atoms with Gasteiger partial charge >= 0.3 is 0 Å². The van der Waals surface area contributed by atoms with Crippen LogP contribution in [0.15, 0.2) is 53.5 Å². The van der Waals surface area contributed by atoms with E-state index in [1.165, 1.54) is 16.7 Å². The highest BCUT2D eigenvalue weighted by Crippen LogP contribution is 2.25. The standard InChI is InChI=1S/C19H20N4S2/c1-2-8-17-16(7-1)23-19(25-17)21-11-9-14-5-3-6-15(13-14)22-18-20-10-4-12-24-18/h1-3,5-8,13H,4,9-12H2,(H,20,22)(H,21,23). The van der Waals surface area contributed by atoms with Crippen LogP contribution in [0.25, 0.3) is 10.2 Å². The molecule has 6 heteroatoms. The molecule has 1 fully saturated rings. The van der Waals surface area contributed by atoms with Gasteiger partial charge in [-0.05, 0) is 42.7 Å². The van der Waals surface area contributed by atoms with Crippen LogP contribution in [0.2, 0.25) is 0 Å². The van der Waals surface area contributed by atoms with Gasteiger partial charge in [0.05, 0.1) is 15.9 Å². The number of hydrogen-bond acceptors (Lipinski definition) is 5. The number of nitrogens with one attached hydrogen (secondary N) is 2.